The second kappa shape index (κ2) is 8.68. The molecule has 0 unspecified atom stereocenters. The van der Waals surface area contributed by atoms with Crippen LogP contribution in [0.3, 0.4) is 0 Å². The van der Waals surface area contributed by atoms with Crippen molar-refractivity contribution in [2.45, 2.75) is 25.9 Å². The van der Waals surface area contributed by atoms with E-state index < -0.39 is 35.0 Å². The molecular formula is C21H19F3N4O3. The van der Waals surface area contributed by atoms with Crippen LogP contribution in [0.1, 0.15) is 36.3 Å². The van der Waals surface area contributed by atoms with Gasteiger partial charge in [0.1, 0.15) is 17.1 Å². The maximum Gasteiger partial charge on any atom is 0.284 e. The van der Waals surface area contributed by atoms with Crippen molar-refractivity contribution in [3.05, 3.63) is 76.1 Å². The van der Waals surface area contributed by atoms with Gasteiger partial charge in [-0.2, -0.15) is 9.78 Å². The van der Waals surface area contributed by atoms with E-state index in [1.165, 1.54) is 44.2 Å². The van der Waals surface area contributed by atoms with Crippen LogP contribution in [0.4, 0.5) is 13.2 Å². The Morgan fingerprint density at radius 3 is 2.55 bits per heavy atom. The number of aliphatic hydroxyl groups is 1. The lowest BCUT2D eigenvalue weighted by molar-refractivity contribution is 0.0693. The standard InChI is InChI=1S/C21H19F3N4O3/c1-21(2,31)11-26-19(29)15-9-17(12-6-7-16(18(23)24)25-10-12)27-28(20(15)30)14-5-3-4-13(22)8-14/h3-10,18,31H,11H2,1-2H3,(H,26,29). The van der Waals surface area contributed by atoms with E-state index in [0.29, 0.717) is 0 Å². The van der Waals surface area contributed by atoms with E-state index >= 15 is 0 Å². The molecule has 10 heteroatoms. The van der Waals surface area contributed by atoms with E-state index in [1.807, 2.05) is 0 Å². The van der Waals surface area contributed by atoms with Crippen molar-refractivity contribution in [2.24, 2.45) is 0 Å². The summed E-state index contributed by atoms with van der Waals surface area (Å²) >= 11 is 0. The molecule has 0 aliphatic heterocycles. The molecule has 2 heterocycles. The Morgan fingerprint density at radius 1 is 1.23 bits per heavy atom. The first-order valence-electron chi connectivity index (χ1n) is 9.20. The highest BCUT2D eigenvalue weighted by atomic mass is 19.3. The molecule has 2 aromatic heterocycles. The number of hydrogen-bond donors (Lipinski definition) is 2. The number of rotatable bonds is 6. The fraction of sp³-hybridized carbons (Fsp3) is 0.238. The molecule has 0 saturated carbocycles. The minimum Gasteiger partial charge on any atom is -0.389 e. The first kappa shape index (κ1) is 22.2. The van der Waals surface area contributed by atoms with Crippen LogP contribution in [0.5, 0.6) is 0 Å². The van der Waals surface area contributed by atoms with E-state index in [0.717, 1.165) is 23.0 Å². The molecule has 0 aliphatic carbocycles. The Morgan fingerprint density at radius 2 is 1.97 bits per heavy atom. The maximum absolute atomic E-state index is 13.7. The highest BCUT2D eigenvalue weighted by Crippen LogP contribution is 2.21. The monoisotopic (exact) mass is 432 g/mol. The Hall–Kier alpha value is -3.53. The van der Waals surface area contributed by atoms with Gasteiger partial charge in [0, 0.05) is 18.3 Å². The van der Waals surface area contributed by atoms with Crippen molar-refractivity contribution in [2.75, 3.05) is 6.54 Å². The van der Waals surface area contributed by atoms with Gasteiger partial charge in [-0.1, -0.05) is 6.07 Å². The molecule has 0 radical (unpaired) electrons. The van der Waals surface area contributed by atoms with E-state index in [4.69, 9.17) is 0 Å². The highest BCUT2D eigenvalue weighted by Gasteiger charge is 2.21. The molecule has 0 fully saturated rings. The molecule has 0 bridgehead atoms. The quantitative estimate of drug-likeness (QED) is 0.624. The molecule has 162 valence electrons. The number of carbonyl (C=O) groups excluding carboxylic acids is 1. The van der Waals surface area contributed by atoms with Crippen LogP contribution in [0.25, 0.3) is 16.9 Å². The second-order valence-electron chi connectivity index (χ2n) is 7.41. The number of alkyl halides is 2. The van der Waals surface area contributed by atoms with Gasteiger partial charge < -0.3 is 10.4 Å². The summed E-state index contributed by atoms with van der Waals surface area (Å²) in [7, 11) is 0. The molecule has 0 atom stereocenters. The van der Waals surface area contributed by atoms with Gasteiger partial charge >= 0.3 is 0 Å². The van der Waals surface area contributed by atoms with E-state index in [-0.39, 0.29) is 29.1 Å². The van der Waals surface area contributed by atoms with Gasteiger partial charge in [0.25, 0.3) is 17.9 Å². The lowest BCUT2D eigenvalue weighted by atomic mass is 10.1. The summed E-state index contributed by atoms with van der Waals surface area (Å²) in [5.74, 6) is -1.40. The molecule has 3 aromatic rings. The Balaban J connectivity index is 2.13. The van der Waals surface area contributed by atoms with Crippen LogP contribution in [-0.4, -0.2) is 37.9 Å². The van der Waals surface area contributed by atoms with Crippen molar-refractivity contribution in [3.8, 4) is 16.9 Å². The van der Waals surface area contributed by atoms with Crippen LogP contribution >= 0.6 is 0 Å². The zero-order valence-electron chi connectivity index (χ0n) is 16.6. The number of nitrogens with zero attached hydrogens (tertiary/aromatic N) is 3. The number of hydrogen-bond acceptors (Lipinski definition) is 5. The summed E-state index contributed by atoms with van der Waals surface area (Å²) in [4.78, 5) is 29.2. The number of aromatic nitrogens is 3. The topological polar surface area (TPSA) is 97.1 Å². The lowest BCUT2D eigenvalue weighted by Gasteiger charge is -2.18. The zero-order chi connectivity index (χ0) is 22.8. The predicted octanol–water partition coefficient (Wildman–Crippen LogP) is 2.87. The zero-order valence-corrected chi connectivity index (χ0v) is 16.6. The fourth-order valence-electron chi connectivity index (χ4n) is 2.66. The van der Waals surface area contributed by atoms with Crippen LogP contribution in [0, 0.1) is 5.82 Å². The Bertz CT molecular complexity index is 1160. The number of halogens is 3. The number of amides is 1. The van der Waals surface area contributed by atoms with Crippen LogP contribution in [-0.2, 0) is 0 Å². The van der Waals surface area contributed by atoms with Gasteiger partial charge in [0.2, 0.25) is 0 Å². The summed E-state index contributed by atoms with van der Waals surface area (Å²) < 4.78 is 40.1. The molecule has 31 heavy (non-hydrogen) atoms. The molecular weight excluding hydrogens is 413 g/mol. The summed E-state index contributed by atoms with van der Waals surface area (Å²) in [6, 6.07) is 8.67. The highest BCUT2D eigenvalue weighted by molar-refractivity contribution is 5.94. The third-order valence-corrected chi connectivity index (χ3v) is 4.20. The van der Waals surface area contributed by atoms with Gasteiger partial charge in [-0.25, -0.2) is 13.2 Å². The van der Waals surface area contributed by atoms with Crippen molar-refractivity contribution < 1.29 is 23.1 Å². The normalized spacial score (nSPS) is 11.6. The molecule has 2 N–H and O–H groups in total. The molecule has 0 spiro atoms. The molecule has 0 aliphatic rings. The third-order valence-electron chi connectivity index (χ3n) is 4.20. The predicted molar refractivity (Wildman–Crippen MR) is 107 cm³/mol. The van der Waals surface area contributed by atoms with Crippen molar-refractivity contribution in [3.63, 3.8) is 0 Å². The average Bonchev–Trinajstić information content (AvgIpc) is 2.71. The number of pyridine rings is 1. The smallest absolute Gasteiger partial charge is 0.284 e. The Labute approximate surface area is 175 Å². The third kappa shape index (κ3) is 5.34. The number of nitrogens with one attached hydrogen (secondary N) is 1. The summed E-state index contributed by atoms with van der Waals surface area (Å²) in [6.45, 7) is 2.83. The average molecular weight is 432 g/mol. The van der Waals surface area contributed by atoms with E-state index in [1.54, 1.807) is 0 Å². The summed E-state index contributed by atoms with van der Waals surface area (Å²) in [5.41, 5.74) is -2.37. The number of carbonyl (C=O) groups is 1. The first-order chi connectivity index (χ1) is 14.5. The Kier molecular flexibility index (Phi) is 6.21. The SMILES string of the molecule is CC(C)(O)CNC(=O)c1cc(-c2ccc(C(F)F)nc2)nn(-c2cccc(F)c2)c1=O. The van der Waals surface area contributed by atoms with E-state index in [2.05, 4.69) is 15.4 Å². The maximum atomic E-state index is 13.7. The molecule has 1 amide bonds. The van der Waals surface area contributed by atoms with Crippen LogP contribution < -0.4 is 10.9 Å². The number of benzene rings is 1. The summed E-state index contributed by atoms with van der Waals surface area (Å²) in [6.07, 6.45) is -1.62. The van der Waals surface area contributed by atoms with E-state index in [9.17, 15) is 27.9 Å². The largest absolute Gasteiger partial charge is 0.389 e. The van der Waals surface area contributed by atoms with Crippen molar-refractivity contribution in [1.82, 2.24) is 20.1 Å². The minimum absolute atomic E-state index is 0.0700. The molecule has 3 rings (SSSR count). The van der Waals surface area contributed by atoms with Gasteiger partial charge in [-0.3, -0.25) is 14.6 Å². The van der Waals surface area contributed by atoms with Crippen molar-refractivity contribution in [1.29, 1.82) is 0 Å². The molecule has 1 aromatic carbocycles. The second-order valence-corrected chi connectivity index (χ2v) is 7.41. The lowest BCUT2D eigenvalue weighted by Crippen LogP contribution is -2.41. The van der Waals surface area contributed by atoms with Gasteiger partial charge in [0.15, 0.2) is 0 Å². The van der Waals surface area contributed by atoms with Gasteiger partial charge in [0.05, 0.1) is 17.0 Å². The summed E-state index contributed by atoms with van der Waals surface area (Å²) in [5, 5.41) is 16.4. The molecule has 0 saturated heterocycles. The van der Waals surface area contributed by atoms with Crippen molar-refractivity contribution >= 4 is 5.91 Å². The first-order valence-corrected chi connectivity index (χ1v) is 9.20. The van der Waals surface area contributed by atoms with Crippen LogP contribution in [0.15, 0.2) is 53.5 Å². The fourth-order valence-corrected chi connectivity index (χ4v) is 2.66. The minimum atomic E-state index is -2.76. The van der Waals surface area contributed by atoms with Crippen LogP contribution in [0.2, 0.25) is 0 Å². The van der Waals surface area contributed by atoms with Gasteiger partial charge in [-0.05, 0) is 50.2 Å². The van der Waals surface area contributed by atoms with Gasteiger partial charge in [-0.15, -0.1) is 0 Å². The molecule has 7 nitrogen and oxygen atoms in total.